The van der Waals surface area contributed by atoms with Crippen molar-refractivity contribution in [2.45, 2.75) is 31.6 Å². The number of nitrogens with one attached hydrogen (secondary N) is 1. The molecule has 0 heterocycles. The molecule has 4 heteroatoms. The monoisotopic (exact) mass is 303 g/mol. The van der Waals surface area contributed by atoms with Crippen LogP contribution in [0.25, 0.3) is 0 Å². The van der Waals surface area contributed by atoms with E-state index < -0.39 is 10.0 Å². The fourth-order valence-corrected chi connectivity index (χ4v) is 3.67. The molecule has 0 amide bonds. The zero-order chi connectivity index (χ0) is 15.5. The highest BCUT2D eigenvalue weighted by molar-refractivity contribution is 7.89. The third kappa shape index (κ3) is 3.93. The number of benzene rings is 2. The van der Waals surface area contributed by atoms with Crippen LogP contribution in [0.4, 0.5) is 0 Å². The van der Waals surface area contributed by atoms with E-state index in [1.54, 1.807) is 6.07 Å². The Morgan fingerprint density at radius 3 is 2.38 bits per heavy atom. The second-order valence-corrected chi connectivity index (χ2v) is 7.17. The van der Waals surface area contributed by atoms with E-state index in [0.29, 0.717) is 11.4 Å². The van der Waals surface area contributed by atoms with E-state index in [1.165, 1.54) is 0 Å². The molecule has 0 aliphatic rings. The Labute approximate surface area is 127 Å². The largest absolute Gasteiger partial charge is 0.240 e. The third-order valence-electron chi connectivity index (χ3n) is 3.58. The SMILES string of the molecule is Cc1ccc(C)c(S(=O)(=O)NC[C@H](C)c2ccccc2)c1. The van der Waals surface area contributed by atoms with Gasteiger partial charge in [-0.2, -0.15) is 0 Å². The average Bonchev–Trinajstić information content (AvgIpc) is 2.48. The Morgan fingerprint density at radius 2 is 1.71 bits per heavy atom. The lowest BCUT2D eigenvalue weighted by Crippen LogP contribution is -2.28. The van der Waals surface area contributed by atoms with Crippen LogP contribution in [0.15, 0.2) is 53.4 Å². The van der Waals surface area contributed by atoms with Crippen LogP contribution in [0, 0.1) is 13.8 Å². The molecular weight excluding hydrogens is 282 g/mol. The lowest BCUT2D eigenvalue weighted by molar-refractivity contribution is 0.574. The summed E-state index contributed by atoms with van der Waals surface area (Å²) < 4.78 is 27.6. The fourth-order valence-electron chi connectivity index (χ4n) is 2.21. The molecule has 0 fully saturated rings. The second kappa shape index (κ2) is 6.41. The van der Waals surface area contributed by atoms with Gasteiger partial charge in [0.1, 0.15) is 0 Å². The van der Waals surface area contributed by atoms with Crippen molar-refractivity contribution in [1.29, 1.82) is 0 Å². The lowest BCUT2D eigenvalue weighted by Gasteiger charge is -2.14. The molecule has 0 aliphatic carbocycles. The number of sulfonamides is 1. The quantitative estimate of drug-likeness (QED) is 0.920. The number of rotatable bonds is 5. The Bertz CT molecular complexity index is 709. The van der Waals surface area contributed by atoms with Gasteiger partial charge in [0.25, 0.3) is 0 Å². The van der Waals surface area contributed by atoms with Gasteiger partial charge in [-0.1, -0.05) is 49.4 Å². The van der Waals surface area contributed by atoms with Crippen molar-refractivity contribution in [3.8, 4) is 0 Å². The lowest BCUT2D eigenvalue weighted by atomic mass is 10.0. The molecule has 0 saturated carbocycles. The van der Waals surface area contributed by atoms with Gasteiger partial charge >= 0.3 is 0 Å². The summed E-state index contributed by atoms with van der Waals surface area (Å²) in [6.07, 6.45) is 0. The average molecular weight is 303 g/mol. The Hall–Kier alpha value is -1.65. The van der Waals surface area contributed by atoms with Crippen LogP contribution < -0.4 is 4.72 Å². The highest BCUT2D eigenvalue weighted by Crippen LogP contribution is 2.18. The van der Waals surface area contributed by atoms with Crippen molar-refractivity contribution in [3.05, 3.63) is 65.2 Å². The third-order valence-corrected chi connectivity index (χ3v) is 5.15. The summed E-state index contributed by atoms with van der Waals surface area (Å²) in [4.78, 5) is 0.364. The minimum atomic E-state index is -3.47. The summed E-state index contributed by atoms with van der Waals surface area (Å²) in [6, 6.07) is 15.4. The summed E-state index contributed by atoms with van der Waals surface area (Å²) >= 11 is 0. The fraction of sp³-hybridized carbons (Fsp3) is 0.294. The van der Waals surface area contributed by atoms with E-state index in [0.717, 1.165) is 16.7 Å². The molecule has 0 saturated heterocycles. The molecule has 1 N–H and O–H groups in total. The molecule has 3 nitrogen and oxygen atoms in total. The van der Waals surface area contributed by atoms with Gasteiger partial charge in [-0.05, 0) is 42.5 Å². The van der Waals surface area contributed by atoms with E-state index >= 15 is 0 Å². The molecule has 21 heavy (non-hydrogen) atoms. The molecule has 0 bridgehead atoms. The van der Waals surface area contributed by atoms with Crippen molar-refractivity contribution in [3.63, 3.8) is 0 Å². The van der Waals surface area contributed by atoms with Crippen LogP contribution in [0.1, 0.15) is 29.5 Å². The standard InChI is InChI=1S/C17H21NO2S/c1-13-9-10-14(2)17(11-13)21(19,20)18-12-15(3)16-7-5-4-6-8-16/h4-11,15,18H,12H2,1-3H3/t15-/m0/s1. The summed E-state index contributed by atoms with van der Waals surface area (Å²) in [7, 11) is -3.47. The Morgan fingerprint density at radius 1 is 1.05 bits per heavy atom. The van der Waals surface area contributed by atoms with Gasteiger partial charge in [0.2, 0.25) is 10.0 Å². The van der Waals surface area contributed by atoms with Crippen LogP contribution in [0.3, 0.4) is 0 Å². The summed E-state index contributed by atoms with van der Waals surface area (Å²) in [5.41, 5.74) is 2.83. The minimum Gasteiger partial charge on any atom is -0.211 e. The Kier molecular flexibility index (Phi) is 4.80. The Balaban J connectivity index is 2.13. The molecule has 0 unspecified atom stereocenters. The number of hydrogen-bond acceptors (Lipinski definition) is 2. The smallest absolute Gasteiger partial charge is 0.211 e. The zero-order valence-corrected chi connectivity index (χ0v) is 13.4. The van der Waals surface area contributed by atoms with E-state index in [1.807, 2.05) is 63.2 Å². The van der Waals surface area contributed by atoms with Gasteiger partial charge in [0.05, 0.1) is 4.90 Å². The molecule has 2 rings (SSSR count). The minimum absolute atomic E-state index is 0.131. The zero-order valence-electron chi connectivity index (χ0n) is 12.6. The van der Waals surface area contributed by atoms with Gasteiger partial charge in [-0.25, -0.2) is 13.1 Å². The van der Waals surface area contributed by atoms with Crippen molar-refractivity contribution >= 4 is 10.0 Å². The first kappa shape index (κ1) is 15.7. The van der Waals surface area contributed by atoms with Gasteiger partial charge in [-0.3, -0.25) is 0 Å². The maximum Gasteiger partial charge on any atom is 0.240 e. The topological polar surface area (TPSA) is 46.2 Å². The molecular formula is C17H21NO2S. The summed E-state index contributed by atoms with van der Waals surface area (Å²) in [5.74, 6) is 0.131. The number of aryl methyl sites for hydroxylation is 2. The first-order chi connectivity index (χ1) is 9.90. The summed E-state index contributed by atoms with van der Waals surface area (Å²) in [6.45, 7) is 6.11. The van der Waals surface area contributed by atoms with Crippen LogP contribution in [-0.2, 0) is 10.0 Å². The molecule has 0 radical (unpaired) electrons. The molecule has 0 aliphatic heterocycles. The first-order valence-electron chi connectivity index (χ1n) is 7.02. The van der Waals surface area contributed by atoms with E-state index in [4.69, 9.17) is 0 Å². The molecule has 2 aromatic rings. The maximum absolute atomic E-state index is 12.4. The molecule has 0 spiro atoms. The van der Waals surface area contributed by atoms with Crippen molar-refractivity contribution in [2.24, 2.45) is 0 Å². The van der Waals surface area contributed by atoms with Gasteiger partial charge in [0.15, 0.2) is 0 Å². The van der Waals surface area contributed by atoms with Gasteiger partial charge in [-0.15, -0.1) is 0 Å². The summed E-state index contributed by atoms with van der Waals surface area (Å²) in [5, 5.41) is 0. The van der Waals surface area contributed by atoms with Crippen LogP contribution in [0.5, 0.6) is 0 Å². The van der Waals surface area contributed by atoms with Crippen molar-refractivity contribution in [2.75, 3.05) is 6.54 Å². The highest BCUT2D eigenvalue weighted by atomic mass is 32.2. The van der Waals surface area contributed by atoms with E-state index in [9.17, 15) is 8.42 Å². The van der Waals surface area contributed by atoms with Crippen LogP contribution >= 0.6 is 0 Å². The van der Waals surface area contributed by atoms with Crippen LogP contribution in [-0.4, -0.2) is 15.0 Å². The van der Waals surface area contributed by atoms with Crippen molar-refractivity contribution < 1.29 is 8.42 Å². The van der Waals surface area contributed by atoms with Crippen LogP contribution in [0.2, 0.25) is 0 Å². The first-order valence-corrected chi connectivity index (χ1v) is 8.50. The molecule has 1 atom stereocenters. The predicted octanol–water partition coefficient (Wildman–Crippen LogP) is 3.39. The van der Waals surface area contributed by atoms with Gasteiger partial charge < -0.3 is 0 Å². The van der Waals surface area contributed by atoms with E-state index in [2.05, 4.69) is 4.72 Å². The predicted molar refractivity (Wildman–Crippen MR) is 86.0 cm³/mol. The molecule has 0 aromatic heterocycles. The van der Waals surface area contributed by atoms with Crippen molar-refractivity contribution in [1.82, 2.24) is 4.72 Å². The normalized spacial score (nSPS) is 13.1. The number of hydrogen-bond donors (Lipinski definition) is 1. The maximum atomic E-state index is 12.4. The molecule has 112 valence electrons. The highest BCUT2D eigenvalue weighted by Gasteiger charge is 2.18. The second-order valence-electron chi connectivity index (χ2n) is 5.43. The van der Waals surface area contributed by atoms with Gasteiger partial charge in [0, 0.05) is 6.54 Å². The van der Waals surface area contributed by atoms with E-state index in [-0.39, 0.29) is 5.92 Å². The molecule has 2 aromatic carbocycles.